The maximum atomic E-state index is 13.3. The third-order valence-electron chi connectivity index (χ3n) is 4.98. The first-order valence-electron chi connectivity index (χ1n) is 9.03. The molecule has 0 spiro atoms. The van der Waals surface area contributed by atoms with Crippen molar-refractivity contribution < 1.29 is 19.0 Å². The highest BCUT2D eigenvalue weighted by Crippen LogP contribution is 2.41. The quantitative estimate of drug-likeness (QED) is 0.717. The zero-order chi connectivity index (χ0) is 17.6. The van der Waals surface area contributed by atoms with E-state index >= 15 is 0 Å². The molecule has 0 radical (unpaired) electrons. The monoisotopic (exact) mass is 336 g/mol. The Kier molecular flexibility index (Phi) is 6.79. The lowest BCUT2D eigenvalue weighted by Crippen LogP contribution is -2.45. The van der Waals surface area contributed by atoms with Crippen LogP contribution in [-0.2, 0) is 15.1 Å². The molecule has 1 N–H and O–H groups in total. The van der Waals surface area contributed by atoms with E-state index in [2.05, 4.69) is 13.8 Å². The summed E-state index contributed by atoms with van der Waals surface area (Å²) in [6.07, 6.45) is 4.04. The first-order chi connectivity index (χ1) is 11.5. The summed E-state index contributed by atoms with van der Waals surface area (Å²) in [7, 11) is 0. The van der Waals surface area contributed by atoms with Crippen LogP contribution < -0.4 is 0 Å². The van der Waals surface area contributed by atoms with Crippen molar-refractivity contribution in [3.63, 3.8) is 0 Å². The van der Waals surface area contributed by atoms with Crippen molar-refractivity contribution in [2.45, 2.75) is 64.1 Å². The second-order valence-electron chi connectivity index (χ2n) is 7.27. The average molecular weight is 336 g/mol. The summed E-state index contributed by atoms with van der Waals surface area (Å²) in [5, 5.41) is 11.3. The Balaban J connectivity index is 2.18. The van der Waals surface area contributed by atoms with Crippen LogP contribution in [0.2, 0.25) is 0 Å². The fourth-order valence-corrected chi connectivity index (χ4v) is 3.48. The van der Waals surface area contributed by atoms with Crippen LogP contribution in [0.3, 0.4) is 0 Å². The largest absolute Gasteiger partial charge is 0.457 e. The lowest BCUT2D eigenvalue weighted by Gasteiger charge is -2.33. The van der Waals surface area contributed by atoms with E-state index in [-0.39, 0.29) is 5.92 Å². The molecular weight excluding hydrogens is 307 g/mol. The van der Waals surface area contributed by atoms with E-state index in [0.29, 0.717) is 17.9 Å². The zero-order valence-electron chi connectivity index (χ0n) is 14.7. The van der Waals surface area contributed by atoms with Gasteiger partial charge in [-0.25, -0.2) is 9.18 Å². The predicted octanol–water partition coefficient (Wildman–Crippen LogP) is 4.38. The third-order valence-corrected chi connectivity index (χ3v) is 4.98. The molecule has 0 amide bonds. The molecule has 2 atom stereocenters. The highest BCUT2D eigenvalue weighted by atomic mass is 19.1. The molecule has 0 bridgehead atoms. The molecule has 24 heavy (non-hydrogen) atoms. The number of hydrogen-bond acceptors (Lipinski definition) is 3. The number of aliphatic hydroxyl groups is 1. The molecule has 0 aromatic heterocycles. The molecule has 4 heteroatoms. The maximum Gasteiger partial charge on any atom is 0.343 e. The van der Waals surface area contributed by atoms with E-state index in [1.807, 2.05) is 6.07 Å². The minimum Gasteiger partial charge on any atom is -0.457 e. The molecular formula is C20H29FO3. The summed E-state index contributed by atoms with van der Waals surface area (Å²) in [4.78, 5) is 12.8. The fourth-order valence-electron chi connectivity index (χ4n) is 3.48. The van der Waals surface area contributed by atoms with Crippen LogP contribution in [0.4, 0.5) is 4.39 Å². The molecule has 1 fully saturated rings. The maximum absolute atomic E-state index is 13.3. The van der Waals surface area contributed by atoms with Gasteiger partial charge in [0.25, 0.3) is 0 Å². The van der Waals surface area contributed by atoms with Gasteiger partial charge in [-0.3, -0.25) is 0 Å². The van der Waals surface area contributed by atoms with Crippen LogP contribution in [0.5, 0.6) is 0 Å². The molecule has 0 saturated heterocycles. The Bertz CT molecular complexity index is 511. The number of ether oxygens (including phenoxy) is 1. The van der Waals surface area contributed by atoms with Crippen molar-refractivity contribution in [1.82, 2.24) is 0 Å². The van der Waals surface area contributed by atoms with E-state index in [4.69, 9.17) is 4.74 Å². The van der Waals surface area contributed by atoms with Crippen LogP contribution in [-0.4, -0.2) is 23.9 Å². The summed E-state index contributed by atoms with van der Waals surface area (Å²) in [5.41, 5.74) is -1.13. The minimum atomic E-state index is -1.68. The van der Waals surface area contributed by atoms with E-state index in [1.54, 1.807) is 24.3 Å². The van der Waals surface area contributed by atoms with Gasteiger partial charge in [-0.05, 0) is 37.2 Å². The van der Waals surface area contributed by atoms with E-state index in [0.717, 1.165) is 32.1 Å². The lowest BCUT2D eigenvalue weighted by atomic mass is 9.80. The standard InChI is InChI=1S/C20H29FO3/c1-15(2)12-13-18(14-21)24-19(22)20(23,17-10-6-7-11-17)16-8-4-3-5-9-16/h3-5,8-9,15,17-18,23H,6-7,10-14H2,1-2H3. The van der Waals surface area contributed by atoms with Gasteiger partial charge in [0.1, 0.15) is 12.8 Å². The van der Waals surface area contributed by atoms with Crippen LogP contribution in [0, 0.1) is 11.8 Å². The van der Waals surface area contributed by atoms with Crippen LogP contribution in [0.15, 0.2) is 30.3 Å². The van der Waals surface area contributed by atoms with Crippen molar-refractivity contribution in [2.24, 2.45) is 11.8 Å². The number of alkyl halides is 1. The SMILES string of the molecule is CC(C)CCC(CF)OC(=O)C(O)(c1ccccc1)C1CCCC1. The van der Waals surface area contributed by atoms with Crippen LogP contribution in [0.1, 0.15) is 57.9 Å². The second-order valence-corrected chi connectivity index (χ2v) is 7.27. The molecule has 3 nitrogen and oxygen atoms in total. The number of carbonyl (C=O) groups is 1. The number of rotatable bonds is 8. The summed E-state index contributed by atoms with van der Waals surface area (Å²) in [5.74, 6) is -0.453. The number of esters is 1. The average Bonchev–Trinajstić information content (AvgIpc) is 3.13. The van der Waals surface area contributed by atoms with Gasteiger partial charge in [0, 0.05) is 5.92 Å². The highest BCUT2D eigenvalue weighted by Gasteiger charge is 2.48. The normalized spacial score (nSPS) is 19.2. The van der Waals surface area contributed by atoms with E-state index < -0.39 is 24.3 Å². The van der Waals surface area contributed by atoms with Crippen molar-refractivity contribution in [2.75, 3.05) is 6.67 Å². The Labute approximate surface area is 144 Å². The molecule has 1 aromatic carbocycles. The van der Waals surface area contributed by atoms with Gasteiger partial charge in [-0.2, -0.15) is 0 Å². The smallest absolute Gasteiger partial charge is 0.343 e. The molecule has 0 aliphatic heterocycles. The first kappa shape index (κ1) is 18.9. The molecule has 1 aromatic rings. The Morgan fingerprint density at radius 1 is 1.25 bits per heavy atom. The van der Waals surface area contributed by atoms with Gasteiger partial charge < -0.3 is 9.84 Å². The number of benzene rings is 1. The van der Waals surface area contributed by atoms with Gasteiger partial charge >= 0.3 is 5.97 Å². The number of carbonyl (C=O) groups excluding carboxylic acids is 1. The van der Waals surface area contributed by atoms with Gasteiger partial charge in [-0.15, -0.1) is 0 Å². The Hall–Kier alpha value is -1.42. The van der Waals surface area contributed by atoms with E-state index in [1.165, 1.54) is 0 Å². The van der Waals surface area contributed by atoms with Gasteiger partial charge in [0.2, 0.25) is 0 Å². The van der Waals surface area contributed by atoms with Crippen molar-refractivity contribution in [3.05, 3.63) is 35.9 Å². The molecule has 1 aliphatic rings. The molecule has 2 rings (SSSR count). The number of hydrogen-bond donors (Lipinski definition) is 1. The summed E-state index contributed by atoms with van der Waals surface area (Å²) < 4.78 is 18.7. The summed E-state index contributed by atoms with van der Waals surface area (Å²) >= 11 is 0. The Morgan fingerprint density at radius 3 is 2.42 bits per heavy atom. The molecule has 0 heterocycles. The van der Waals surface area contributed by atoms with Crippen molar-refractivity contribution >= 4 is 5.97 Å². The molecule has 134 valence electrons. The topological polar surface area (TPSA) is 46.5 Å². The van der Waals surface area contributed by atoms with E-state index in [9.17, 15) is 14.3 Å². The molecule has 1 saturated carbocycles. The predicted molar refractivity (Wildman–Crippen MR) is 92.2 cm³/mol. The van der Waals surface area contributed by atoms with Crippen molar-refractivity contribution in [3.8, 4) is 0 Å². The third kappa shape index (κ3) is 4.35. The minimum absolute atomic E-state index is 0.169. The van der Waals surface area contributed by atoms with Gasteiger partial charge in [0.05, 0.1) is 0 Å². The first-order valence-corrected chi connectivity index (χ1v) is 9.03. The summed E-state index contributed by atoms with van der Waals surface area (Å²) in [6, 6.07) is 8.94. The lowest BCUT2D eigenvalue weighted by molar-refractivity contribution is -0.180. The van der Waals surface area contributed by atoms with Gasteiger partial charge in [-0.1, -0.05) is 57.0 Å². The van der Waals surface area contributed by atoms with Gasteiger partial charge in [0.15, 0.2) is 5.60 Å². The highest BCUT2D eigenvalue weighted by molar-refractivity contribution is 5.81. The van der Waals surface area contributed by atoms with Crippen molar-refractivity contribution in [1.29, 1.82) is 0 Å². The molecule has 1 aliphatic carbocycles. The van der Waals surface area contributed by atoms with Crippen LogP contribution >= 0.6 is 0 Å². The Morgan fingerprint density at radius 2 is 1.88 bits per heavy atom. The fraction of sp³-hybridized carbons (Fsp3) is 0.650. The molecule has 2 unspecified atom stereocenters. The summed E-state index contributed by atoms with van der Waals surface area (Å²) in [6.45, 7) is 3.39. The number of halogens is 1. The second kappa shape index (κ2) is 8.61. The van der Waals surface area contributed by atoms with Crippen LogP contribution in [0.25, 0.3) is 0 Å². The zero-order valence-corrected chi connectivity index (χ0v) is 14.7.